The van der Waals surface area contributed by atoms with E-state index in [0.29, 0.717) is 12.1 Å². The Labute approximate surface area is 171 Å². The van der Waals surface area contributed by atoms with Gasteiger partial charge in [-0.25, -0.2) is 9.97 Å². The molecule has 1 N–H and O–H groups in total. The molecule has 0 bridgehead atoms. The van der Waals surface area contributed by atoms with E-state index in [4.69, 9.17) is 0 Å². The van der Waals surface area contributed by atoms with Crippen molar-refractivity contribution < 1.29 is 17.6 Å². The van der Waals surface area contributed by atoms with Gasteiger partial charge in [0.25, 0.3) is 0 Å². The lowest BCUT2D eigenvalue weighted by Crippen LogP contribution is -2.27. The molecule has 1 aliphatic carbocycles. The van der Waals surface area contributed by atoms with Gasteiger partial charge < -0.3 is 10.2 Å². The fraction of sp³-hybridized carbons (Fsp3) is 0.273. The number of halogens is 4. The summed E-state index contributed by atoms with van der Waals surface area (Å²) in [5.74, 6) is -0.308. The van der Waals surface area contributed by atoms with Crippen molar-refractivity contribution >= 4 is 11.6 Å². The molecule has 0 amide bonds. The topological polar surface area (TPSA) is 41.1 Å². The summed E-state index contributed by atoms with van der Waals surface area (Å²) in [4.78, 5) is 9.94. The molecule has 156 valence electrons. The first kappa shape index (κ1) is 20.1. The summed E-state index contributed by atoms with van der Waals surface area (Å²) in [7, 11) is 0. The van der Waals surface area contributed by atoms with Crippen LogP contribution in [0.3, 0.4) is 0 Å². The number of rotatable bonds is 7. The highest BCUT2D eigenvalue weighted by atomic mass is 19.4. The molecule has 1 aliphatic rings. The average Bonchev–Trinajstić information content (AvgIpc) is 3.57. The number of alkyl halides is 3. The van der Waals surface area contributed by atoms with Gasteiger partial charge in [-0.2, -0.15) is 17.6 Å². The van der Waals surface area contributed by atoms with Crippen molar-refractivity contribution in [1.29, 1.82) is 0 Å². The van der Waals surface area contributed by atoms with E-state index in [0.717, 1.165) is 30.5 Å². The van der Waals surface area contributed by atoms with Gasteiger partial charge in [0.15, 0.2) is 11.6 Å². The maximum absolute atomic E-state index is 15.2. The van der Waals surface area contributed by atoms with Crippen LogP contribution in [-0.2, 0) is 19.3 Å². The van der Waals surface area contributed by atoms with Crippen molar-refractivity contribution in [2.75, 3.05) is 10.2 Å². The number of nitrogens with zero attached hydrogens (tertiary/aromatic N) is 3. The van der Waals surface area contributed by atoms with Crippen LogP contribution in [0.4, 0.5) is 29.2 Å². The van der Waals surface area contributed by atoms with Crippen molar-refractivity contribution in [3.8, 4) is 0 Å². The number of hydrogen-bond acceptors (Lipinski definition) is 4. The Morgan fingerprint density at radius 3 is 2.27 bits per heavy atom. The minimum atomic E-state index is -4.38. The third-order valence-corrected chi connectivity index (χ3v) is 4.97. The third-order valence-electron chi connectivity index (χ3n) is 4.97. The predicted octanol–water partition coefficient (Wildman–Crippen LogP) is 5.42. The van der Waals surface area contributed by atoms with Crippen LogP contribution in [0.2, 0.25) is 0 Å². The zero-order valence-corrected chi connectivity index (χ0v) is 16.0. The fourth-order valence-corrected chi connectivity index (χ4v) is 3.22. The van der Waals surface area contributed by atoms with E-state index < -0.39 is 17.6 Å². The third kappa shape index (κ3) is 4.69. The standard InChI is InChI=1S/C22H20F4N4/c23-19-20(27-12-15-4-2-1-3-5-15)28-14-29-21(19)30(18-10-11-18)13-16-6-8-17(9-7-16)22(24,25)26/h1-9,14,18H,10-13H2,(H,27,28,29). The SMILES string of the molecule is Fc1c(NCc2ccccc2)ncnc1N(Cc1ccc(C(F)(F)F)cc1)C1CC1. The highest BCUT2D eigenvalue weighted by molar-refractivity contribution is 5.53. The lowest BCUT2D eigenvalue weighted by molar-refractivity contribution is -0.137. The molecule has 0 atom stereocenters. The second kappa shape index (κ2) is 8.30. The Balaban J connectivity index is 1.53. The smallest absolute Gasteiger partial charge is 0.363 e. The Kier molecular flexibility index (Phi) is 5.57. The van der Waals surface area contributed by atoms with Crippen LogP contribution < -0.4 is 10.2 Å². The van der Waals surface area contributed by atoms with Gasteiger partial charge in [0, 0.05) is 19.1 Å². The molecule has 4 rings (SSSR count). The fourth-order valence-electron chi connectivity index (χ4n) is 3.22. The van der Waals surface area contributed by atoms with E-state index >= 15 is 4.39 Å². The van der Waals surface area contributed by atoms with Gasteiger partial charge in [0.2, 0.25) is 5.82 Å². The molecule has 8 heteroatoms. The largest absolute Gasteiger partial charge is 0.416 e. The van der Waals surface area contributed by atoms with Gasteiger partial charge in [-0.15, -0.1) is 0 Å². The average molecular weight is 416 g/mol. The molecule has 1 saturated carbocycles. The van der Waals surface area contributed by atoms with Crippen molar-refractivity contribution in [2.24, 2.45) is 0 Å². The molecule has 0 radical (unpaired) electrons. The molecular formula is C22H20F4N4. The summed E-state index contributed by atoms with van der Waals surface area (Å²) in [5.41, 5.74) is 0.942. The first-order valence-corrected chi connectivity index (χ1v) is 9.63. The van der Waals surface area contributed by atoms with Gasteiger partial charge in [0.1, 0.15) is 6.33 Å². The number of anilines is 2. The Hall–Kier alpha value is -3.16. The summed E-state index contributed by atoms with van der Waals surface area (Å²) < 4.78 is 53.5. The zero-order chi connectivity index (χ0) is 21.1. The molecule has 3 aromatic rings. The molecule has 30 heavy (non-hydrogen) atoms. The van der Waals surface area contributed by atoms with Crippen LogP contribution in [0.5, 0.6) is 0 Å². The number of benzene rings is 2. The van der Waals surface area contributed by atoms with Crippen LogP contribution in [0.1, 0.15) is 29.5 Å². The second-order valence-corrected chi connectivity index (χ2v) is 7.25. The molecule has 0 saturated heterocycles. The maximum Gasteiger partial charge on any atom is 0.416 e. The van der Waals surface area contributed by atoms with E-state index in [1.807, 2.05) is 30.3 Å². The Morgan fingerprint density at radius 2 is 1.63 bits per heavy atom. The Bertz CT molecular complexity index is 986. The van der Waals surface area contributed by atoms with Crippen LogP contribution in [-0.4, -0.2) is 16.0 Å². The first-order valence-electron chi connectivity index (χ1n) is 9.63. The quantitative estimate of drug-likeness (QED) is 0.523. The van der Waals surface area contributed by atoms with E-state index in [2.05, 4.69) is 15.3 Å². The Morgan fingerprint density at radius 1 is 0.933 bits per heavy atom. The lowest BCUT2D eigenvalue weighted by atomic mass is 10.1. The van der Waals surface area contributed by atoms with Crippen LogP contribution in [0.25, 0.3) is 0 Å². The van der Waals surface area contributed by atoms with Gasteiger partial charge in [0.05, 0.1) is 5.56 Å². The van der Waals surface area contributed by atoms with Crippen molar-refractivity contribution in [1.82, 2.24) is 9.97 Å². The van der Waals surface area contributed by atoms with Gasteiger partial charge in [-0.1, -0.05) is 42.5 Å². The van der Waals surface area contributed by atoms with E-state index in [9.17, 15) is 13.2 Å². The molecule has 1 heterocycles. The zero-order valence-electron chi connectivity index (χ0n) is 16.0. The molecular weight excluding hydrogens is 396 g/mol. The second-order valence-electron chi connectivity index (χ2n) is 7.25. The molecule has 2 aromatic carbocycles. The molecule has 1 fully saturated rings. The highest BCUT2D eigenvalue weighted by Gasteiger charge is 2.33. The van der Waals surface area contributed by atoms with E-state index in [1.165, 1.54) is 18.5 Å². The lowest BCUT2D eigenvalue weighted by Gasteiger charge is -2.24. The maximum atomic E-state index is 15.2. The number of aromatic nitrogens is 2. The normalized spacial score (nSPS) is 13.9. The predicted molar refractivity (Wildman–Crippen MR) is 106 cm³/mol. The summed E-state index contributed by atoms with van der Waals surface area (Å²) in [6.07, 6.45) is -1.31. The van der Waals surface area contributed by atoms with E-state index in [1.54, 1.807) is 4.90 Å². The molecule has 0 unspecified atom stereocenters. The minimum Gasteiger partial charge on any atom is -0.363 e. The molecule has 0 spiro atoms. The van der Waals surface area contributed by atoms with Crippen molar-refractivity contribution in [3.63, 3.8) is 0 Å². The minimum absolute atomic E-state index is 0.0990. The summed E-state index contributed by atoms with van der Waals surface area (Å²) in [5, 5.41) is 2.99. The van der Waals surface area contributed by atoms with Gasteiger partial charge >= 0.3 is 6.18 Å². The summed E-state index contributed by atoms with van der Waals surface area (Å²) in [6, 6.07) is 14.6. The van der Waals surface area contributed by atoms with E-state index in [-0.39, 0.29) is 24.2 Å². The molecule has 1 aromatic heterocycles. The monoisotopic (exact) mass is 416 g/mol. The highest BCUT2D eigenvalue weighted by Crippen LogP contribution is 2.35. The number of nitrogens with one attached hydrogen (secondary N) is 1. The first-order chi connectivity index (χ1) is 14.4. The van der Waals surface area contributed by atoms with Crippen molar-refractivity contribution in [3.05, 3.63) is 83.4 Å². The van der Waals surface area contributed by atoms with Crippen LogP contribution in [0.15, 0.2) is 60.9 Å². The summed E-state index contributed by atoms with van der Waals surface area (Å²) in [6.45, 7) is 0.686. The van der Waals surface area contributed by atoms with Crippen molar-refractivity contribution in [2.45, 2.75) is 38.1 Å². The molecule has 4 nitrogen and oxygen atoms in total. The molecule has 0 aliphatic heterocycles. The van der Waals surface area contributed by atoms with Gasteiger partial charge in [-0.05, 0) is 36.1 Å². The number of hydrogen-bond donors (Lipinski definition) is 1. The van der Waals surface area contributed by atoms with Gasteiger partial charge in [-0.3, -0.25) is 0 Å². The van der Waals surface area contributed by atoms with Crippen LogP contribution >= 0.6 is 0 Å². The summed E-state index contributed by atoms with van der Waals surface area (Å²) >= 11 is 0. The van der Waals surface area contributed by atoms with Crippen LogP contribution in [0, 0.1) is 5.82 Å².